The van der Waals surface area contributed by atoms with Crippen LogP contribution in [0.2, 0.25) is 0 Å². The number of hydrogen-bond acceptors (Lipinski definition) is 5. The van der Waals surface area contributed by atoms with Crippen LogP contribution in [0.1, 0.15) is 22.5 Å². The summed E-state index contributed by atoms with van der Waals surface area (Å²) in [6, 6.07) is 0.524. The highest BCUT2D eigenvalue weighted by atomic mass is 19.3. The number of carbonyl (C=O) groups is 1. The molecule has 0 saturated carbocycles. The van der Waals surface area contributed by atoms with Gasteiger partial charge in [-0.25, -0.2) is 13.6 Å². The van der Waals surface area contributed by atoms with E-state index in [0.29, 0.717) is 6.07 Å². The maximum Gasteiger partial charge on any atom is 0.348 e. The van der Waals surface area contributed by atoms with E-state index in [1.165, 1.54) is 0 Å². The van der Waals surface area contributed by atoms with Crippen LogP contribution in [0.3, 0.4) is 0 Å². The Balaban J connectivity index is 3.56. The highest BCUT2D eigenvalue weighted by Gasteiger charge is 2.28. The van der Waals surface area contributed by atoms with Crippen molar-refractivity contribution in [1.29, 1.82) is 0 Å². The third kappa shape index (κ3) is 2.44. The van der Waals surface area contributed by atoms with E-state index in [9.17, 15) is 28.5 Å². The minimum absolute atomic E-state index is 0.524. The molecule has 0 fully saturated rings. The maximum atomic E-state index is 12.3. The molecule has 0 unspecified atom stereocenters. The molecule has 0 aromatic carbocycles. The topological polar surface area (TPSA) is 102 Å². The molecule has 7 nitrogen and oxygen atoms in total. The Kier molecular flexibility index (Phi) is 3.51. The number of H-pyrrole nitrogens is 1. The molecule has 0 amide bonds. The van der Waals surface area contributed by atoms with E-state index >= 15 is 0 Å². The second-order valence-corrected chi connectivity index (χ2v) is 2.87. The van der Waals surface area contributed by atoms with Gasteiger partial charge in [-0.2, -0.15) is 0 Å². The van der Waals surface area contributed by atoms with Crippen LogP contribution in [-0.4, -0.2) is 23.0 Å². The molecule has 0 bridgehead atoms. The van der Waals surface area contributed by atoms with Gasteiger partial charge in [0.05, 0.1) is 17.7 Å². The van der Waals surface area contributed by atoms with Gasteiger partial charge in [-0.3, -0.25) is 14.9 Å². The van der Waals surface area contributed by atoms with Crippen molar-refractivity contribution in [2.24, 2.45) is 0 Å². The highest BCUT2D eigenvalue weighted by molar-refractivity contribution is 5.93. The summed E-state index contributed by atoms with van der Waals surface area (Å²) in [6.45, 7) is 0. The van der Waals surface area contributed by atoms with Crippen molar-refractivity contribution in [2.75, 3.05) is 7.11 Å². The van der Waals surface area contributed by atoms with E-state index < -0.39 is 39.8 Å². The predicted molar refractivity (Wildman–Crippen MR) is 50.0 cm³/mol. The predicted octanol–water partition coefficient (Wildman–Crippen LogP) is 1.01. The van der Waals surface area contributed by atoms with E-state index in [0.717, 1.165) is 7.11 Å². The molecule has 0 saturated heterocycles. The summed E-state index contributed by atoms with van der Waals surface area (Å²) in [6.07, 6.45) is -3.06. The van der Waals surface area contributed by atoms with Crippen LogP contribution >= 0.6 is 0 Å². The number of methoxy groups -OCH3 is 1. The largest absolute Gasteiger partial charge is 0.465 e. The standard InChI is InChI=1S/C8H6F2N2O5/c1-17-8(14)3-2-4(6(9)10)11-7(13)5(3)12(15)16/h2,6H,1H3,(H,11,13). The molecule has 0 aliphatic heterocycles. The first-order chi connectivity index (χ1) is 7.88. The number of esters is 1. The van der Waals surface area contributed by atoms with Crippen LogP contribution in [0.5, 0.6) is 0 Å². The second kappa shape index (κ2) is 4.68. The van der Waals surface area contributed by atoms with Gasteiger partial charge >= 0.3 is 17.2 Å². The number of halogens is 2. The van der Waals surface area contributed by atoms with Crippen molar-refractivity contribution < 1.29 is 23.2 Å². The van der Waals surface area contributed by atoms with Gasteiger partial charge in [-0.05, 0) is 6.07 Å². The smallest absolute Gasteiger partial charge is 0.348 e. The molecule has 0 aliphatic rings. The first kappa shape index (κ1) is 12.7. The van der Waals surface area contributed by atoms with E-state index in [4.69, 9.17) is 0 Å². The molecule has 9 heteroatoms. The van der Waals surface area contributed by atoms with Crippen LogP contribution in [0.25, 0.3) is 0 Å². The summed E-state index contributed by atoms with van der Waals surface area (Å²) < 4.78 is 28.8. The first-order valence-corrected chi connectivity index (χ1v) is 4.16. The van der Waals surface area contributed by atoms with Crippen molar-refractivity contribution in [3.63, 3.8) is 0 Å². The lowest BCUT2D eigenvalue weighted by Gasteiger charge is -2.03. The fourth-order valence-corrected chi connectivity index (χ4v) is 1.14. The number of nitrogens with zero attached hydrogens (tertiary/aromatic N) is 1. The number of hydrogen-bond donors (Lipinski definition) is 1. The minimum Gasteiger partial charge on any atom is -0.465 e. The van der Waals surface area contributed by atoms with Crippen molar-refractivity contribution in [2.45, 2.75) is 6.43 Å². The quantitative estimate of drug-likeness (QED) is 0.488. The molecule has 0 atom stereocenters. The van der Waals surface area contributed by atoms with E-state index in [2.05, 4.69) is 4.74 Å². The van der Waals surface area contributed by atoms with Gasteiger partial charge in [0.2, 0.25) is 0 Å². The second-order valence-electron chi connectivity index (χ2n) is 2.87. The van der Waals surface area contributed by atoms with Crippen molar-refractivity contribution in [3.8, 4) is 0 Å². The third-order valence-corrected chi connectivity index (χ3v) is 1.85. The molecular weight excluding hydrogens is 242 g/mol. The molecule has 1 N–H and O–H groups in total. The summed E-state index contributed by atoms with van der Waals surface area (Å²) in [4.78, 5) is 33.3. The zero-order valence-electron chi connectivity index (χ0n) is 8.40. The van der Waals surface area contributed by atoms with Crippen LogP contribution in [0.15, 0.2) is 10.9 Å². The van der Waals surface area contributed by atoms with Gasteiger partial charge in [-0.15, -0.1) is 0 Å². The molecule has 17 heavy (non-hydrogen) atoms. The number of ether oxygens (including phenoxy) is 1. The van der Waals surface area contributed by atoms with Crippen molar-refractivity contribution in [1.82, 2.24) is 4.98 Å². The van der Waals surface area contributed by atoms with E-state index in [-0.39, 0.29) is 0 Å². The third-order valence-electron chi connectivity index (χ3n) is 1.85. The maximum absolute atomic E-state index is 12.3. The van der Waals surface area contributed by atoms with Crippen molar-refractivity contribution >= 4 is 11.7 Å². The monoisotopic (exact) mass is 248 g/mol. The molecule has 1 aromatic heterocycles. The van der Waals surface area contributed by atoms with Crippen LogP contribution in [0.4, 0.5) is 14.5 Å². The van der Waals surface area contributed by atoms with Gasteiger partial charge < -0.3 is 9.72 Å². The van der Waals surface area contributed by atoms with Crippen LogP contribution in [0, 0.1) is 10.1 Å². The Morgan fingerprint density at radius 3 is 2.59 bits per heavy atom. The Bertz CT molecular complexity index is 525. The van der Waals surface area contributed by atoms with Crippen LogP contribution in [-0.2, 0) is 4.74 Å². The summed E-state index contributed by atoms with van der Waals surface area (Å²) in [5.74, 6) is -1.23. The fourth-order valence-electron chi connectivity index (χ4n) is 1.14. The number of nitro groups is 1. The summed E-state index contributed by atoms with van der Waals surface area (Å²) >= 11 is 0. The van der Waals surface area contributed by atoms with Crippen molar-refractivity contribution in [3.05, 3.63) is 37.8 Å². The Labute approximate surface area is 92.2 Å². The number of aromatic nitrogens is 1. The molecule has 0 radical (unpaired) electrons. The zero-order chi connectivity index (χ0) is 13.2. The van der Waals surface area contributed by atoms with Gasteiger partial charge in [-0.1, -0.05) is 0 Å². The van der Waals surface area contributed by atoms with Gasteiger partial charge in [0.15, 0.2) is 0 Å². The van der Waals surface area contributed by atoms with Crippen LogP contribution < -0.4 is 5.56 Å². The number of nitrogens with one attached hydrogen (secondary N) is 1. The number of rotatable bonds is 3. The normalized spacial score (nSPS) is 10.4. The highest BCUT2D eigenvalue weighted by Crippen LogP contribution is 2.21. The van der Waals surface area contributed by atoms with E-state index in [1.807, 2.05) is 0 Å². The lowest BCUT2D eigenvalue weighted by Crippen LogP contribution is -2.19. The van der Waals surface area contributed by atoms with Gasteiger partial charge in [0, 0.05) is 0 Å². The Hall–Kier alpha value is -2.32. The number of pyridine rings is 1. The Morgan fingerprint density at radius 1 is 1.59 bits per heavy atom. The zero-order valence-corrected chi connectivity index (χ0v) is 8.40. The summed E-state index contributed by atoms with van der Waals surface area (Å²) in [5.41, 5.74) is -4.20. The lowest BCUT2D eigenvalue weighted by molar-refractivity contribution is -0.386. The Morgan fingerprint density at radius 2 is 2.18 bits per heavy atom. The number of aromatic amines is 1. The molecule has 1 heterocycles. The molecule has 1 rings (SSSR count). The van der Waals surface area contributed by atoms with E-state index in [1.54, 1.807) is 4.98 Å². The lowest BCUT2D eigenvalue weighted by atomic mass is 10.2. The molecule has 0 spiro atoms. The summed E-state index contributed by atoms with van der Waals surface area (Å²) in [7, 11) is 0.912. The average Bonchev–Trinajstić information content (AvgIpc) is 2.26. The molecule has 92 valence electrons. The molecular formula is C8H6F2N2O5. The SMILES string of the molecule is COC(=O)c1cc(C(F)F)[nH]c(=O)c1[N+](=O)[O-]. The molecule has 0 aliphatic carbocycles. The summed E-state index contributed by atoms with van der Waals surface area (Å²) in [5, 5.41) is 10.5. The average molecular weight is 248 g/mol. The fraction of sp³-hybridized carbons (Fsp3) is 0.250. The minimum atomic E-state index is -3.06. The number of alkyl halides is 2. The number of carbonyl (C=O) groups excluding carboxylic acids is 1. The van der Waals surface area contributed by atoms with Gasteiger partial charge in [0.25, 0.3) is 6.43 Å². The molecule has 1 aromatic rings. The first-order valence-electron chi connectivity index (χ1n) is 4.16. The van der Waals surface area contributed by atoms with Gasteiger partial charge in [0.1, 0.15) is 5.56 Å².